The number of nitrogens with zero attached hydrogens (tertiary/aromatic N) is 5. The van der Waals surface area contributed by atoms with Crippen LogP contribution in [0.25, 0.3) is 11.4 Å². The van der Waals surface area contributed by atoms with Gasteiger partial charge in [-0.1, -0.05) is 18.7 Å². The van der Waals surface area contributed by atoms with Crippen LogP contribution in [-0.2, 0) is 9.59 Å². The molecule has 1 spiro atoms. The first kappa shape index (κ1) is 20.9. The SMILES string of the molecule is CC1CCC2(CC1)NC(=O)N(NC(=O)CSc1nnc(-c3cccnc3)n1C1CC1)C2=O. The smallest absolute Gasteiger partial charge is 0.322 e. The minimum absolute atomic E-state index is 0.0129. The summed E-state index contributed by atoms with van der Waals surface area (Å²) in [6.07, 6.45) is 8.46. The van der Waals surface area contributed by atoms with Gasteiger partial charge in [0.05, 0.1) is 5.75 Å². The summed E-state index contributed by atoms with van der Waals surface area (Å²) < 4.78 is 2.04. The van der Waals surface area contributed by atoms with Crippen molar-refractivity contribution in [3.05, 3.63) is 24.5 Å². The zero-order chi connectivity index (χ0) is 22.3. The largest absolute Gasteiger partial charge is 0.344 e. The first-order chi connectivity index (χ1) is 15.5. The van der Waals surface area contributed by atoms with E-state index in [1.54, 1.807) is 12.4 Å². The minimum Gasteiger partial charge on any atom is -0.322 e. The maximum atomic E-state index is 12.9. The average Bonchev–Trinajstić information content (AvgIpc) is 3.51. The number of hydrazine groups is 1. The molecule has 2 aromatic rings. The molecule has 11 heteroatoms. The number of hydrogen-bond acceptors (Lipinski definition) is 7. The number of carbonyl (C=O) groups is 3. The Morgan fingerprint density at radius 3 is 2.72 bits per heavy atom. The number of amides is 4. The molecule has 3 fully saturated rings. The summed E-state index contributed by atoms with van der Waals surface area (Å²) in [6, 6.07) is 3.52. The van der Waals surface area contributed by atoms with Crippen LogP contribution in [-0.4, -0.2) is 53.9 Å². The van der Waals surface area contributed by atoms with Crippen molar-refractivity contribution in [3.63, 3.8) is 0 Å². The topological polar surface area (TPSA) is 122 Å². The number of nitrogens with one attached hydrogen (secondary N) is 2. The van der Waals surface area contributed by atoms with Crippen molar-refractivity contribution in [3.8, 4) is 11.4 Å². The summed E-state index contributed by atoms with van der Waals surface area (Å²) in [5, 5.41) is 12.9. The van der Waals surface area contributed by atoms with Crippen molar-refractivity contribution >= 4 is 29.6 Å². The standard InChI is InChI=1S/C21H25N7O3S/c1-13-6-8-21(9-7-13)18(30)28(19(31)23-21)26-16(29)12-32-20-25-24-17(27(20)15-4-5-15)14-3-2-10-22-11-14/h2-3,10-11,13,15H,4-9,12H2,1H3,(H,23,31)(H,26,29). The maximum Gasteiger partial charge on any atom is 0.344 e. The average molecular weight is 456 g/mol. The van der Waals surface area contributed by atoms with Crippen LogP contribution in [0, 0.1) is 5.92 Å². The first-order valence-electron chi connectivity index (χ1n) is 10.9. The van der Waals surface area contributed by atoms with E-state index in [2.05, 4.69) is 32.8 Å². The van der Waals surface area contributed by atoms with Gasteiger partial charge in [-0.15, -0.1) is 10.2 Å². The molecule has 1 saturated heterocycles. The summed E-state index contributed by atoms with van der Waals surface area (Å²) in [5.74, 6) is 0.469. The van der Waals surface area contributed by atoms with Gasteiger partial charge in [0, 0.05) is 24.0 Å². The Labute approximate surface area is 189 Å². The Balaban J connectivity index is 1.24. The molecule has 10 nitrogen and oxygen atoms in total. The van der Waals surface area contributed by atoms with E-state index in [1.165, 1.54) is 11.8 Å². The van der Waals surface area contributed by atoms with E-state index >= 15 is 0 Å². The second-order valence-electron chi connectivity index (χ2n) is 8.81. The van der Waals surface area contributed by atoms with Crippen molar-refractivity contribution in [2.75, 3.05) is 5.75 Å². The van der Waals surface area contributed by atoms with E-state index in [9.17, 15) is 14.4 Å². The quantitative estimate of drug-likeness (QED) is 0.506. The highest BCUT2D eigenvalue weighted by Gasteiger charge is 2.52. The van der Waals surface area contributed by atoms with Gasteiger partial charge in [0.2, 0.25) is 5.91 Å². The molecule has 0 unspecified atom stereocenters. The van der Waals surface area contributed by atoms with Crippen LogP contribution < -0.4 is 10.7 Å². The van der Waals surface area contributed by atoms with Crippen LogP contribution in [0.5, 0.6) is 0 Å². The molecule has 2 saturated carbocycles. The summed E-state index contributed by atoms with van der Waals surface area (Å²) in [6.45, 7) is 2.14. The summed E-state index contributed by atoms with van der Waals surface area (Å²) in [5.41, 5.74) is 2.47. The summed E-state index contributed by atoms with van der Waals surface area (Å²) in [4.78, 5) is 42.0. The monoisotopic (exact) mass is 455 g/mol. The lowest BCUT2D eigenvalue weighted by molar-refractivity contribution is -0.139. The predicted molar refractivity (Wildman–Crippen MR) is 116 cm³/mol. The third-order valence-electron chi connectivity index (χ3n) is 6.35. The molecular formula is C21H25N7O3S. The zero-order valence-electron chi connectivity index (χ0n) is 17.8. The highest BCUT2D eigenvalue weighted by atomic mass is 32.2. The summed E-state index contributed by atoms with van der Waals surface area (Å²) in [7, 11) is 0. The number of hydrogen-bond donors (Lipinski definition) is 2. The van der Waals surface area contributed by atoms with E-state index < -0.39 is 17.5 Å². The molecule has 1 aliphatic heterocycles. The Kier molecular flexibility index (Phi) is 5.36. The normalized spacial score (nSPS) is 25.3. The number of rotatable bonds is 6. The van der Waals surface area contributed by atoms with Gasteiger partial charge < -0.3 is 5.32 Å². The third-order valence-corrected chi connectivity index (χ3v) is 7.30. The number of carbonyl (C=O) groups excluding carboxylic acids is 3. The Morgan fingerprint density at radius 1 is 1.25 bits per heavy atom. The predicted octanol–water partition coefficient (Wildman–Crippen LogP) is 2.30. The van der Waals surface area contributed by atoms with E-state index in [-0.39, 0.29) is 11.7 Å². The van der Waals surface area contributed by atoms with Gasteiger partial charge in [0.15, 0.2) is 11.0 Å². The van der Waals surface area contributed by atoms with Gasteiger partial charge >= 0.3 is 6.03 Å². The molecule has 0 bridgehead atoms. The molecule has 0 radical (unpaired) electrons. The lowest BCUT2D eigenvalue weighted by Gasteiger charge is -2.33. The van der Waals surface area contributed by atoms with Gasteiger partial charge in [-0.05, 0) is 56.6 Å². The van der Waals surface area contributed by atoms with Crippen molar-refractivity contribution in [1.29, 1.82) is 0 Å². The number of pyridine rings is 1. The van der Waals surface area contributed by atoms with Crippen LogP contribution >= 0.6 is 11.8 Å². The second kappa shape index (κ2) is 8.19. The number of imide groups is 1. The molecule has 2 aromatic heterocycles. The lowest BCUT2D eigenvalue weighted by Crippen LogP contribution is -2.51. The van der Waals surface area contributed by atoms with Gasteiger partial charge in [0.25, 0.3) is 5.91 Å². The van der Waals surface area contributed by atoms with Crippen molar-refractivity contribution in [2.24, 2.45) is 5.92 Å². The fraction of sp³-hybridized carbons (Fsp3) is 0.524. The highest BCUT2D eigenvalue weighted by Crippen LogP contribution is 2.41. The molecule has 2 aliphatic carbocycles. The van der Waals surface area contributed by atoms with Crippen LogP contribution in [0.15, 0.2) is 29.7 Å². The van der Waals surface area contributed by atoms with E-state index in [0.29, 0.717) is 30.0 Å². The fourth-order valence-corrected chi connectivity index (χ4v) is 5.13. The molecule has 0 aromatic carbocycles. The number of aromatic nitrogens is 4. The Bertz CT molecular complexity index is 1040. The van der Waals surface area contributed by atoms with Crippen LogP contribution in [0.1, 0.15) is 51.5 Å². The van der Waals surface area contributed by atoms with Crippen molar-refractivity contribution in [1.82, 2.24) is 35.5 Å². The van der Waals surface area contributed by atoms with E-state index in [4.69, 9.17) is 0 Å². The van der Waals surface area contributed by atoms with Gasteiger partial charge in [0.1, 0.15) is 5.54 Å². The number of thioether (sulfide) groups is 1. The molecule has 3 aliphatic rings. The second-order valence-corrected chi connectivity index (χ2v) is 9.75. The third kappa shape index (κ3) is 3.85. The van der Waals surface area contributed by atoms with E-state index in [1.807, 2.05) is 16.7 Å². The number of urea groups is 1. The van der Waals surface area contributed by atoms with Gasteiger partial charge in [-0.25, -0.2) is 4.79 Å². The van der Waals surface area contributed by atoms with Crippen LogP contribution in [0.4, 0.5) is 4.79 Å². The van der Waals surface area contributed by atoms with Crippen molar-refractivity contribution < 1.29 is 14.4 Å². The molecule has 4 amide bonds. The Hall–Kier alpha value is -2.95. The molecule has 3 heterocycles. The Morgan fingerprint density at radius 2 is 2.03 bits per heavy atom. The molecule has 168 valence electrons. The first-order valence-corrected chi connectivity index (χ1v) is 11.9. The zero-order valence-corrected chi connectivity index (χ0v) is 18.6. The molecule has 5 rings (SSSR count). The molecule has 0 atom stereocenters. The maximum absolute atomic E-state index is 12.9. The molecule has 32 heavy (non-hydrogen) atoms. The van der Waals surface area contributed by atoms with Gasteiger partial charge in [-0.3, -0.25) is 24.6 Å². The van der Waals surface area contributed by atoms with E-state index in [0.717, 1.165) is 42.1 Å². The van der Waals surface area contributed by atoms with Crippen LogP contribution in [0.2, 0.25) is 0 Å². The minimum atomic E-state index is -0.880. The van der Waals surface area contributed by atoms with Gasteiger partial charge in [-0.2, -0.15) is 5.01 Å². The molecular weight excluding hydrogens is 430 g/mol. The highest BCUT2D eigenvalue weighted by molar-refractivity contribution is 7.99. The fourth-order valence-electron chi connectivity index (χ4n) is 4.33. The van der Waals surface area contributed by atoms with Crippen LogP contribution in [0.3, 0.4) is 0 Å². The lowest BCUT2D eigenvalue weighted by atomic mass is 9.77. The summed E-state index contributed by atoms with van der Waals surface area (Å²) >= 11 is 1.24. The molecule has 2 N–H and O–H groups in total. The van der Waals surface area contributed by atoms with Crippen molar-refractivity contribution in [2.45, 2.75) is 62.2 Å².